The predicted octanol–water partition coefficient (Wildman–Crippen LogP) is 4.32. The van der Waals surface area contributed by atoms with Crippen molar-refractivity contribution in [3.05, 3.63) is 55.8 Å². The number of fused-ring (bicyclic) bond motifs is 3. The Morgan fingerprint density at radius 2 is 1.29 bits per heavy atom. The van der Waals surface area contributed by atoms with Crippen molar-refractivity contribution in [1.82, 2.24) is 0 Å². The van der Waals surface area contributed by atoms with Gasteiger partial charge in [0.25, 0.3) is 0 Å². The molecule has 21 heavy (non-hydrogen) atoms. The SMILES string of the molecule is C=CC(=O)O.[CH3-].[CH3-].[Ti+3].[cH-]1c2c(c3c1CCCC3)CCCC2. The normalized spacial score (nSPS) is 14.5. The molecule has 1 aromatic rings. The smallest absolute Gasteiger partial charge is 0.478 e. The first-order valence-corrected chi connectivity index (χ1v) is 6.87. The molecule has 0 saturated heterocycles. The third-order valence-corrected chi connectivity index (χ3v) is 3.91. The third-order valence-electron chi connectivity index (χ3n) is 3.91. The van der Waals surface area contributed by atoms with Gasteiger partial charge < -0.3 is 20.0 Å². The van der Waals surface area contributed by atoms with Gasteiger partial charge >= 0.3 is 27.7 Å². The van der Waals surface area contributed by atoms with Gasteiger partial charge in [0.2, 0.25) is 0 Å². The van der Waals surface area contributed by atoms with E-state index in [9.17, 15) is 4.79 Å². The van der Waals surface area contributed by atoms with Crippen LogP contribution < -0.4 is 0 Å². The van der Waals surface area contributed by atoms with Crippen LogP contribution in [0.1, 0.15) is 47.9 Å². The summed E-state index contributed by atoms with van der Waals surface area (Å²) in [5.41, 5.74) is 6.94. The van der Waals surface area contributed by atoms with Crippen molar-refractivity contribution in [2.45, 2.75) is 51.4 Å². The fraction of sp³-hybridized carbons (Fsp3) is 0.444. The number of carbonyl (C=O) groups is 1. The molecule has 0 saturated carbocycles. The van der Waals surface area contributed by atoms with Crippen molar-refractivity contribution in [3.63, 3.8) is 0 Å². The number of rotatable bonds is 1. The van der Waals surface area contributed by atoms with E-state index in [4.69, 9.17) is 5.11 Å². The largest absolute Gasteiger partial charge is 3.00 e. The molecule has 1 aromatic carbocycles. The average molecular weight is 323 g/mol. The Balaban J connectivity index is 0. The molecule has 0 aliphatic heterocycles. The molecule has 0 aromatic heterocycles. The van der Waals surface area contributed by atoms with Crippen LogP contribution in [0.5, 0.6) is 0 Å². The van der Waals surface area contributed by atoms with E-state index < -0.39 is 5.97 Å². The van der Waals surface area contributed by atoms with Crippen molar-refractivity contribution >= 4 is 5.97 Å². The van der Waals surface area contributed by atoms with Gasteiger partial charge in [-0.25, -0.2) is 4.79 Å². The van der Waals surface area contributed by atoms with Gasteiger partial charge in [0, 0.05) is 6.08 Å². The van der Waals surface area contributed by atoms with Crippen molar-refractivity contribution in [3.8, 4) is 0 Å². The van der Waals surface area contributed by atoms with Gasteiger partial charge in [-0.2, -0.15) is 28.3 Å². The Hall–Kier alpha value is -0.726. The van der Waals surface area contributed by atoms with E-state index in [0.717, 1.165) is 6.08 Å². The quantitative estimate of drug-likeness (QED) is 0.475. The van der Waals surface area contributed by atoms with Crippen molar-refractivity contribution in [1.29, 1.82) is 0 Å². The Morgan fingerprint density at radius 1 is 0.952 bits per heavy atom. The molecule has 0 unspecified atom stereocenters. The molecule has 0 fully saturated rings. The number of carboxylic acid groups (broad SMARTS) is 1. The van der Waals surface area contributed by atoms with Gasteiger partial charge in [0.05, 0.1) is 0 Å². The van der Waals surface area contributed by atoms with Gasteiger partial charge in [-0.1, -0.05) is 57.9 Å². The third kappa shape index (κ3) is 5.88. The van der Waals surface area contributed by atoms with Crippen molar-refractivity contribution in [2.75, 3.05) is 0 Å². The van der Waals surface area contributed by atoms with Gasteiger partial charge in [-0.15, -0.1) is 0 Å². The summed E-state index contributed by atoms with van der Waals surface area (Å²) >= 11 is 0. The number of aliphatic carboxylic acids is 1. The van der Waals surface area contributed by atoms with E-state index in [1.807, 2.05) is 0 Å². The standard InChI is InChI=1S/C13H17.C3H4O2.2CH3.Ti/c1-3-7-12-10(5-1)9-11-6-2-4-8-13(11)12;1-2-3(4)5;;;/h9H,1-8H2;2H,1H2,(H,4,5);2*1H3;/q-1;;2*-1;+3. The van der Waals surface area contributed by atoms with Crippen LogP contribution >= 0.6 is 0 Å². The summed E-state index contributed by atoms with van der Waals surface area (Å²) < 4.78 is 0. The fourth-order valence-electron chi connectivity index (χ4n) is 3.08. The Morgan fingerprint density at radius 3 is 1.62 bits per heavy atom. The Kier molecular flexibility index (Phi) is 11.7. The molecular weight excluding hydrogens is 296 g/mol. The molecule has 2 nitrogen and oxygen atoms in total. The molecule has 2 aliphatic rings. The number of carboxylic acids is 1. The van der Waals surface area contributed by atoms with Crippen LogP contribution in [-0.4, -0.2) is 11.1 Å². The molecule has 0 atom stereocenters. The molecule has 1 N–H and O–H groups in total. The number of aryl methyl sites for hydroxylation is 2. The molecule has 0 bridgehead atoms. The Bertz CT molecular complexity index is 416. The summed E-state index contributed by atoms with van der Waals surface area (Å²) in [6, 6.07) is 2.52. The number of hydrogen-bond acceptors (Lipinski definition) is 1. The first-order chi connectivity index (χ1) is 8.72. The van der Waals surface area contributed by atoms with E-state index in [1.165, 1.54) is 51.4 Å². The first-order valence-electron chi connectivity index (χ1n) is 6.87. The summed E-state index contributed by atoms with van der Waals surface area (Å²) in [7, 11) is 0. The average Bonchev–Trinajstić information content (AvgIpc) is 2.78. The monoisotopic (exact) mass is 323 g/mol. The van der Waals surface area contributed by atoms with Crippen LogP contribution in [0, 0.1) is 14.9 Å². The van der Waals surface area contributed by atoms with Crippen molar-refractivity contribution < 1.29 is 31.6 Å². The molecular formula is C18H27O2Ti. The number of hydrogen-bond donors (Lipinski definition) is 1. The van der Waals surface area contributed by atoms with Crippen LogP contribution in [0.25, 0.3) is 0 Å². The first kappa shape index (κ1) is 22.6. The van der Waals surface area contributed by atoms with Crippen LogP contribution in [0.4, 0.5) is 0 Å². The minimum Gasteiger partial charge on any atom is -0.478 e. The van der Waals surface area contributed by atoms with Gasteiger partial charge in [-0.3, -0.25) is 0 Å². The minimum atomic E-state index is -0.981. The van der Waals surface area contributed by atoms with E-state index in [0.29, 0.717) is 0 Å². The topological polar surface area (TPSA) is 37.3 Å². The molecule has 3 rings (SSSR count). The zero-order valence-electron chi connectivity index (χ0n) is 13.4. The Labute approximate surface area is 144 Å². The maximum absolute atomic E-state index is 9.25. The fourth-order valence-corrected chi connectivity index (χ4v) is 3.08. The molecule has 2 aliphatic carbocycles. The van der Waals surface area contributed by atoms with Gasteiger partial charge in [-0.05, 0) is 0 Å². The molecule has 0 amide bonds. The summed E-state index contributed by atoms with van der Waals surface area (Å²) in [6.45, 7) is 2.96. The maximum Gasteiger partial charge on any atom is 3.00 e. The maximum atomic E-state index is 9.25. The molecule has 115 valence electrons. The van der Waals surface area contributed by atoms with E-state index in [1.54, 1.807) is 22.3 Å². The minimum absolute atomic E-state index is 0. The second-order valence-corrected chi connectivity index (χ2v) is 5.11. The van der Waals surface area contributed by atoms with E-state index in [2.05, 4.69) is 12.6 Å². The summed E-state index contributed by atoms with van der Waals surface area (Å²) in [5.74, 6) is -0.981. The summed E-state index contributed by atoms with van der Waals surface area (Å²) in [5, 5.41) is 7.60. The zero-order chi connectivity index (χ0) is 13.0. The van der Waals surface area contributed by atoms with Crippen molar-refractivity contribution in [2.24, 2.45) is 0 Å². The van der Waals surface area contributed by atoms with E-state index >= 15 is 0 Å². The molecule has 0 heterocycles. The van der Waals surface area contributed by atoms with Gasteiger partial charge in [0.15, 0.2) is 0 Å². The zero-order valence-corrected chi connectivity index (χ0v) is 14.9. The van der Waals surface area contributed by atoms with E-state index in [-0.39, 0.29) is 36.6 Å². The van der Waals surface area contributed by atoms with Crippen LogP contribution in [0.3, 0.4) is 0 Å². The van der Waals surface area contributed by atoms with Crippen LogP contribution in [-0.2, 0) is 52.2 Å². The summed E-state index contributed by atoms with van der Waals surface area (Å²) in [4.78, 5) is 9.25. The van der Waals surface area contributed by atoms with Crippen LogP contribution in [0.15, 0.2) is 18.7 Å². The predicted molar refractivity (Wildman–Crippen MR) is 86.0 cm³/mol. The molecule has 1 radical (unpaired) electrons. The second-order valence-electron chi connectivity index (χ2n) is 5.11. The molecule has 3 heteroatoms. The molecule has 0 spiro atoms. The van der Waals surface area contributed by atoms with Gasteiger partial charge in [0.1, 0.15) is 0 Å². The summed E-state index contributed by atoms with van der Waals surface area (Å²) in [6.07, 6.45) is 12.0. The van der Waals surface area contributed by atoms with Crippen LogP contribution in [0.2, 0.25) is 0 Å². The second kappa shape index (κ2) is 10.9.